The summed E-state index contributed by atoms with van der Waals surface area (Å²) in [4.78, 5) is 20.3. The Morgan fingerprint density at radius 2 is 2.38 bits per heavy atom. The lowest BCUT2D eigenvalue weighted by molar-refractivity contribution is -0.137. The standard InChI is InChI=1S/C10H18N4O2/c1-10(2,11)9(16)14(5-6-15)7-8-12-3-4-13-8/h3-4,15H,5-7,11H2,1-2H3,(H,12,13). The first kappa shape index (κ1) is 12.7. The van der Waals surface area contributed by atoms with Crippen LogP contribution in [0.5, 0.6) is 0 Å². The van der Waals surface area contributed by atoms with Crippen molar-refractivity contribution in [1.82, 2.24) is 14.9 Å². The van der Waals surface area contributed by atoms with Crippen molar-refractivity contribution in [3.63, 3.8) is 0 Å². The van der Waals surface area contributed by atoms with Crippen LogP contribution in [0.2, 0.25) is 0 Å². The quantitative estimate of drug-likeness (QED) is 0.629. The molecule has 0 radical (unpaired) electrons. The number of aliphatic hydroxyl groups is 1. The molecule has 1 rings (SSSR count). The van der Waals surface area contributed by atoms with Gasteiger partial charge in [0.1, 0.15) is 5.82 Å². The highest BCUT2D eigenvalue weighted by Gasteiger charge is 2.27. The van der Waals surface area contributed by atoms with Crippen LogP contribution in [-0.2, 0) is 11.3 Å². The molecule has 0 aliphatic rings. The molecule has 0 atom stereocenters. The maximum absolute atomic E-state index is 11.9. The van der Waals surface area contributed by atoms with E-state index in [4.69, 9.17) is 10.8 Å². The zero-order chi connectivity index (χ0) is 12.2. The van der Waals surface area contributed by atoms with E-state index in [-0.39, 0.29) is 19.1 Å². The third-order valence-electron chi connectivity index (χ3n) is 2.10. The molecule has 90 valence electrons. The third kappa shape index (κ3) is 3.32. The summed E-state index contributed by atoms with van der Waals surface area (Å²) in [5.74, 6) is 0.462. The second kappa shape index (κ2) is 5.09. The van der Waals surface area contributed by atoms with Gasteiger partial charge in [0.2, 0.25) is 5.91 Å². The van der Waals surface area contributed by atoms with Gasteiger partial charge >= 0.3 is 0 Å². The van der Waals surface area contributed by atoms with Crippen molar-refractivity contribution < 1.29 is 9.90 Å². The second-order valence-corrected chi connectivity index (χ2v) is 4.21. The summed E-state index contributed by atoms with van der Waals surface area (Å²) in [5.41, 5.74) is 4.79. The number of imidazole rings is 1. The maximum atomic E-state index is 11.9. The Morgan fingerprint density at radius 3 is 2.81 bits per heavy atom. The number of hydrogen-bond donors (Lipinski definition) is 3. The highest BCUT2D eigenvalue weighted by atomic mass is 16.3. The average Bonchev–Trinajstić information content (AvgIpc) is 2.67. The van der Waals surface area contributed by atoms with Gasteiger partial charge in [0.15, 0.2) is 0 Å². The molecular formula is C10H18N4O2. The molecule has 0 saturated carbocycles. The van der Waals surface area contributed by atoms with Gasteiger partial charge in [-0.2, -0.15) is 0 Å². The number of carbonyl (C=O) groups excluding carboxylic acids is 1. The van der Waals surface area contributed by atoms with Gasteiger partial charge in [-0.3, -0.25) is 4.79 Å². The van der Waals surface area contributed by atoms with Crippen LogP contribution in [0, 0.1) is 0 Å². The number of nitrogens with zero attached hydrogens (tertiary/aromatic N) is 2. The SMILES string of the molecule is CC(C)(N)C(=O)N(CCO)Cc1ncc[nH]1. The van der Waals surface area contributed by atoms with Crippen LogP contribution in [0.15, 0.2) is 12.4 Å². The van der Waals surface area contributed by atoms with Gasteiger partial charge in [0.25, 0.3) is 0 Å². The third-order valence-corrected chi connectivity index (χ3v) is 2.10. The van der Waals surface area contributed by atoms with Crippen LogP contribution < -0.4 is 5.73 Å². The van der Waals surface area contributed by atoms with E-state index in [0.717, 1.165) is 0 Å². The predicted octanol–water partition coefficient (Wildman–Crippen LogP) is -0.532. The first-order chi connectivity index (χ1) is 7.45. The van der Waals surface area contributed by atoms with E-state index in [1.54, 1.807) is 26.2 Å². The lowest BCUT2D eigenvalue weighted by atomic mass is 10.1. The van der Waals surface area contributed by atoms with Crippen LogP contribution in [0.3, 0.4) is 0 Å². The molecule has 0 aliphatic carbocycles. The van der Waals surface area contributed by atoms with Gasteiger partial charge < -0.3 is 20.7 Å². The minimum atomic E-state index is -0.943. The number of aromatic nitrogens is 2. The summed E-state index contributed by atoms with van der Waals surface area (Å²) in [6, 6.07) is 0. The molecule has 16 heavy (non-hydrogen) atoms. The van der Waals surface area contributed by atoms with Crippen molar-refractivity contribution in [2.75, 3.05) is 13.2 Å². The molecule has 0 bridgehead atoms. The molecule has 0 fully saturated rings. The molecule has 1 heterocycles. The number of rotatable bonds is 5. The van der Waals surface area contributed by atoms with E-state index in [1.165, 1.54) is 4.90 Å². The van der Waals surface area contributed by atoms with Crippen LogP contribution in [-0.4, -0.2) is 44.6 Å². The Hall–Kier alpha value is -1.40. The van der Waals surface area contributed by atoms with Crippen LogP contribution in [0.25, 0.3) is 0 Å². The van der Waals surface area contributed by atoms with Gasteiger partial charge in [-0.15, -0.1) is 0 Å². The normalized spacial score (nSPS) is 11.5. The number of aromatic amines is 1. The predicted molar refractivity (Wildman–Crippen MR) is 59.4 cm³/mol. The lowest BCUT2D eigenvalue weighted by Crippen LogP contribution is -2.51. The van der Waals surface area contributed by atoms with E-state index >= 15 is 0 Å². The Balaban J connectivity index is 2.71. The van der Waals surface area contributed by atoms with Crippen LogP contribution in [0.1, 0.15) is 19.7 Å². The molecule has 1 aromatic rings. The smallest absolute Gasteiger partial charge is 0.242 e. The zero-order valence-electron chi connectivity index (χ0n) is 9.60. The summed E-state index contributed by atoms with van der Waals surface area (Å²) in [7, 11) is 0. The fraction of sp³-hybridized carbons (Fsp3) is 0.600. The summed E-state index contributed by atoms with van der Waals surface area (Å²) in [5, 5.41) is 8.91. The minimum absolute atomic E-state index is 0.0947. The zero-order valence-corrected chi connectivity index (χ0v) is 9.60. The number of nitrogens with two attached hydrogens (primary N) is 1. The van der Waals surface area contributed by atoms with E-state index < -0.39 is 5.54 Å². The summed E-state index contributed by atoms with van der Waals surface area (Å²) in [6.07, 6.45) is 3.30. The topological polar surface area (TPSA) is 95.2 Å². The lowest BCUT2D eigenvalue weighted by Gasteiger charge is -2.28. The van der Waals surface area contributed by atoms with E-state index in [0.29, 0.717) is 12.4 Å². The van der Waals surface area contributed by atoms with Gasteiger partial charge in [0, 0.05) is 18.9 Å². The van der Waals surface area contributed by atoms with Crippen LogP contribution in [0.4, 0.5) is 0 Å². The molecule has 6 heteroatoms. The first-order valence-electron chi connectivity index (χ1n) is 5.12. The molecule has 0 aliphatic heterocycles. The fourth-order valence-electron chi connectivity index (χ4n) is 1.35. The molecule has 6 nitrogen and oxygen atoms in total. The number of amides is 1. The Labute approximate surface area is 94.5 Å². The van der Waals surface area contributed by atoms with Crippen molar-refractivity contribution in [2.24, 2.45) is 5.73 Å². The summed E-state index contributed by atoms with van der Waals surface area (Å²) < 4.78 is 0. The molecule has 0 saturated heterocycles. The summed E-state index contributed by atoms with van der Waals surface area (Å²) >= 11 is 0. The van der Waals surface area contributed by atoms with Gasteiger partial charge in [0.05, 0.1) is 18.7 Å². The Morgan fingerprint density at radius 1 is 1.69 bits per heavy atom. The first-order valence-corrected chi connectivity index (χ1v) is 5.12. The van der Waals surface area contributed by atoms with Crippen LogP contribution >= 0.6 is 0 Å². The van der Waals surface area contributed by atoms with Crippen molar-refractivity contribution in [2.45, 2.75) is 25.9 Å². The van der Waals surface area contributed by atoms with Gasteiger partial charge in [-0.05, 0) is 13.8 Å². The molecule has 1 amide bonds. The fourth-order valence-corrected chi connectivity index (χ4v) is 1.35. The number of H-pyrrole nitrogens is 1. The maximum Gasteiger partial charge on any atom is 0.242 e. The average molecular weight is 226 g/mol. The van der Waals surface area contributed by atoms with Crippen molar-refractivity contribution >= 4 is 5.91 Å². The number of nitrogens with one attached hydrogen (secondary N) is 1. The molecule has 4 N–H and O–H groups in total. The number of hydrogen-bond acceptors (Lipinski definition) is 4. The van der Waals surface area contributed by atoms with E-state index in [9.17, 15) is 4.79 Å². The van der Waals surface area contributed by atoms with Gasteiger partial charge in [-0.25, -0.2) is 4.98 Å². The minimum Gasteiger partial charge on any atom is -0.395 e. The Bertz CT molecular complexity index is 329. The molecule has 0 unspecified atom stereocenters. The second-order valence-electron chi connectivity index (χ2n) is 4.21. The van der Waals surface area contributed by atoms with Crippen molar-refractivity contribution in [1.29, 1.82) is 0 Å². The van der Waals surface area contributed by atoms with E-state index in [2.05, 4.69) is 9.97 Å². The van der Waals surface area contributed by atoms with E-state index in [1.807, 2.05) is 0 Å². The van der Waals surface area contributed by atoms with Crippen molar-refractivity contribution in [3.8, 4) is 0 Å². The highest BCUT2D eigenvalue weighted by Crippen LogP contribution is 2.07. The largest absolute Gasteiger partial charge is 0.395 e. The number of aliphatic hydroxyl groups excluding tert-OH is 1. The van der Waals surface area contributed by atoms with Crippen molar-refractivity contribution in [3.05, 3.63) is 18.2 Å². The molecule has 1 aromatic heterocycles. The monoisotopic (exact) mass is 226 g/mol. The highest BCUT2D eigenvalue weighted by molar-refractivity contribution is 5.85. The molecular weight excluding hydrogens is 208 g/mol. The Kier molecular flexibility index (Phi) is 4.03. The summed E-state index contributed by atoms with van der Waals surface area (Å²) in [6.45, 7) is 3.76. The van der Waals surface area contributed by atoms with Gasteiger partial charge in [-0.1, -0.05) is 0 Å². The number of carbonyl (C=O) groups is 1. The molecule has 0 spiro atoms. The molecule has 0 aromatic carbocycles.